The van der Waals surface area contributed by atoms with E-state index in [0.29, 0.717) is 19.3 Å². The van der Waals surface area contributed by atoms with Gasteiger partial charge in [-0.05, 0) is 19.3 Å². The Morgan fingerprint density at radius 2 is 1.01 bits per heavy atom. The molecule has 0 aliphatic carbocycles. The summed E-state index contributed by atoms with van der Waals surface area (Å²) >= 11 is 0. The fourth-order valence-corrected chi connectivity index (χ4v) is 8.67. The van der Waals surface area contributed by atoms with Gasteiger partial charge in [-0.2, -0.15) is 28.7 Å². The fraction of sp³-hybridized carbons (Fsp3) is 0.680. The number of hydrogen-bond donors (Lipinski definition) is 5. The molecule has 4 aromatic heterocycles. The Balaban J connectivity index is 0.000000360. The first kappa shape index (κ1) is 59.8. The third-order valence-corrected chi connectivity index (χ3v) is 12.8. The van der Waals surface area contributed by atoms with Gasteiger partial charge in [0.15, 0.2) is 45.2 Å². The van der Waals surface area contributed by atoms with E-state index in [1.165, 1.54) is 98.8 Å². The smallest absolute Gasteiger partial charge is 0.312 e. The minimum Gasteiger partial charge on any atom is -0.392 e. The van der Waals surface area contributed by atoms with Crippen molar-refractivity contribution < 1.29 is 64.2 Å². The first-order valence-corrected chi connectivity index (χ1v) is 24.6. The molecule has 5 N–H and O–H groups in total. The van der Waals surface area contributed by atoms with Gasteiger partial charge in [-0.25, -0.2) is 9.97 Å². The van der Waals surface area contributed by atoms with E-state index in [1.54, 1.807) is 0 Å². The number of rotatable bonds is 26. The van der Waals surface area contributed by atoms with E-state index in [0.717, 1.165) is 38.5 Å². The number of carbonyl (C=O) groups excluding carboxylic acids is 2. The maximum absolute atomic E-state index is 14.2. The number of carbonyl (C=O) groups is 2. The zero-order chi connectivity index (χ0) is 49.1. The molecule has 0 unspecified atom stereocenters. The van der Waals surface area contributed by atoms with Gasteiger partial charge in [-0.15, -0.1) is 12.8 Å². The number of imidazole rings is 2. The van der Waals surface area contributed by atoms with Gasteiger partial charge in [0.2, 0.25) is 11.8 Å². The number of hydrogen-bond acceptors (Lipinski definition) is 13. The quantitative estimate of drug-likeness (QED) is 0.0225. The van der Waals surface area contributed by atoms with Crippen molar-refractivity contribution in [1.82, 2.24) is 39.0 Å². The predicted molar refractivity (Wildman–Crippen MR) is 260 cm³/mol. The van der Waals surface area contributed by atoms with Crippen LogP contribution in [0.4, 0.5) is 20.4 Å². The second kappa shape index (κ2) is 29.8. The minimum absolute atomic E-state index is 0. The molecular formula is C50H74F2N10O7W. The van der Waals surface area contributed by atoms with Crippen LogP contribution in [-0.2, 0) is 40.1 Å². The van der Waals surface area contributed by atoms with Crippen LogP contribution in [0.5, 0.6) is 0 Å². The van der Waals surface area contributed by atoms with E-state index in [-0.39, 0.29) is 87.1 Å². The molecule has 0 saturated carbocycles. The number of terminal acetylenes is 2. The number of nitrogens with one attached hydrogen (secondary N) is 2. The number of ether oxygens (including phenoxy) is 2. The molecule has 17 nitrogen and oxygen atoms in total. The number of aliphatic hydroxyl groups is 3. The molecular weight excluding hydrogens is 1070 g/mol. The molecule has 4 aromatic rings. The Kier molecular flexibility index (Phi) is 25.4. The number of aromatic nitrogens is 8. The zero-order valence-electron chi connectivity index (χ0n) is 40.3. The van der Waals surface area contributed by atoms with Crippen LogP contribution < -0.4 is 10.6 Å². The third kappa shape index (κ3) is 15.8. The molecule has 2 fully saturated rings. The van der Waals surface area contributed by atoms with Crippen molar-refractivity contribution in [3.63, 3.8) is 0 Å². The number of amides is 2. The summed E-state index contributed by atoms with van der Waals surface area (Å²) in [6, 6.07) is 0. The van der Waals surface area contributed by atoms with E-state index in [4.69, 9.17) is 22.3 Å². The van der Waals surface area contributed by atoms with Crippen LogP contribution >= 0.6 is 0 Å². The van der Waals surface area contributed by atoms with Gasteiger partial charge in [-0.3, -0.25) is 18.7 Å². The van der Waals surface area contributed by atoms with E-state index < -0.39 is 54.6 Å². The predicted octanol–water partition coefficient (Wildman–Crippen LogP) is 8.99. The van der Waals surface area contributed by atoms with E-state index in [2.05, 4.69) is 66.2 Å². The second-order valence-electron chi connectivity index (χ2n) is 17.8. The molecule has 386 valence electrons. The molecule has 70 heavy (non-hydrogen) atoms. The number of aliphatic hydroxyl groups excluding tert-OH is 3. The summed E-state index contributed by atoms with van der Waals surface area (Å²) in [6.45, 7) is 5.68. The van der Waals surface area contributed by atoms with Crippen LogP contribution in [0.25, 0.3) is 22.3 Å². The van der Waals surface area contributed by atoms with Crippen molar-refractivity contribution in [2.24, 2.45) is 0 Å². The average Bonchev–Trinajstić information content (AvgIpc) is 4.11. The normalized spacial score (nSPS) is 21.6. The summed E-state index contributed by atoms with van der Waals surface area (Å²) in [5.41, 5.74) is -1.95. The summed E-state index contributed by atoms with van der Waals surface area (Å²) in [5.74, 6) is 4.33. The van der Waals surface area contributed by atoms with Crippen LogP contribution in [-0.4, -0.2) is 96.2 Å². The Morgan fingerprint density at radius 1 is 0.657 bits per heavy atom. The fourth-order valence-electron chi connectivity index (χ4n) is 8.67. The Hall–Kier alpha value is -4.49. The zero-order valence-corrected chi connectivity index (χ0v) is 43.2. The molecule has 0 bridgehead atoms. The Bertz CT molecular complexity index is 2180. The van der Waals surface area contributed by atoms with Crippen LogP contribution in [0.1, 0.15) is 188 Å². The van der Waals surface area contributed by atoms with Crippen LogP contribution in [0, 0.1) is 36.8 Å². The number of fused-ring (bicyclic) bond motifs is 2. The van der Waals surface area contributed by atoms with Gasteiger partial charge < -0.3 is 35.4 Å². The largest absolute Gasteiger partial charge is 0.392 e. The summed E-state index contributed by atoms with van der Waals surface area (Å²) < 4.78 is 43.0. The van der Waals surface area contributed by atoms with E-state index in [9.17, 15) is 33.7 Å². The van der Waals surface area contributed by atoms with Gasteiger partial charge in [0, 0.05) is 46.7 Å². The van der Waals surface area contributed by atoms with Crippen LogP contribution in [0.3, 0.4) is 0 Å². The van der Waals surface area contributed by atoms with Gasteiger partial charge in [0.25, 0.3) is 0 Å². The SMILES string of the molecule is C.C#C[C@]1(CC)O[C@@H](n2cnc3c(NC(=O)CCCCCCCCCCC)nc(F)nc32)C[C@@H]1O.C#C[C@]1(CO)O[C@@H](n2cnc3c(NC(=O)CCCCCCCCCCC)nc(F)nc32)C[C@@H]1O.[W]. The number of unbranched alkanes of at least 4 members (excludes halogenated alkanes) is 16. The van der Waals surface area contributed by atoms with Gasteiger partial charge in [0.05, 0.1) is 25.4 Å². The van der Waals surface area contributed by atoms with Gasteiger partial charge in [-0.1, -0.05) is 143 Å². The van der Waals surface area contributed by atoms with Crippen molar-refractivity contribution in [2.45, 2.75) is 212 Å². The van der Waals surface area contributed by atoms with Crippen LogP contribution in [0.2, 0.25) is 0 Å². The van der Waals surface area contributed by atoms with Gasteiger partial charge >= 0.3 is 12.2 Å². The molecule has 20 heteroatoms. The standard InChI is InChI=1S/C25H36FN5O3.C24H34FN5O4.CH4.W/c1-4-7-8-9-10-11-12-13-14-15-19(33)28-22-21-23(30-24(26)29-22)31(17-27-21)20-16-18(32)25(5-2,6-3)34-20;1-3-5-6-7-8-9-10-11-12-13-18(33)27-21-20-22(29-23(25)28-21)30(16-26-20)19-14-17(32)24(4-2,15-31)34-19;;/h2,17-18,20,32H,4,6-16H2,1,3H3,(H,28,29,30,33);2,16-17,19,31-32H,3,5-15H2,1H3,(H,27,28,29,33);1H4;/t18-,20+,25+;17-,19+,24+;;/m00../s1. The van der Waals surface area contributed by atoms with Gasteiger partial charge in [0.1, 0.15) is 18.6 Å². The minimum atomic E-state index is -1.56. The summed E-state index contributed by atoms with van der Waals surface area (Å²) in [5, 5.41) is 35.6. The molecule has 6 rings (SSSR count). The maximum atomic E-state index is 14.2. The van der Waals surface area contributed by atoms with Crippen molar-refractivity contribution in [2.75, 3.05) is 17.2 Å². The van der Waals surface area contributed by atoms with Crippen molar-refractivity contribution in [3.8, 4) is 24.7 Å². The Labute approximate surface area is 425 Å². The molecule has 6 atom stereocenters. The first-order valence-electron chi connectivity index (χ1n) is 24.6. The molecule has 0 spiro atoms. The van der Waals surface area contributed by atoms with E-state index >= 15 is 0 Å². The third-order valence-electron chi connectivity index (χ3n) is 12.8. The first-order chi connectivity index (χ1) is 32.9. The monoisotopic (exact) mass is 1150 g/mol. The Morgan fingerprint density at radius 3 is 1.34 bits per heavy atom. The molecule has 2 aliphatic rings. The van der Waals surface area contributed by atoms with Crippen molar-refractivity contribution in [3.05, 3.63) is 24.8 Å². The van der Waals surface area contributed by atoms with Crippen molar-refractivity contribution in [1.29, 1.82) is 0 Å². The topological polar surface area (TPSA) is 225 Å². The summed E-state index contributed by atoms with van der Waals surface area (Å²) in [4.78, 5) is 48.4. The molecule has 2 aliphatic heterocycles. The number of nitrogens with zero attached hydrogens (tertiary/aromatic N) is 8. The van der Waals surface area contributed by atoms with Crippen molar-refractivity contribution >= 4 is 45.8 Å². The molecule has 0 aromatic carbocycles. The number of halogens is 2. The number of anilines is 2. The summed E-state index contributed by atoms with van der Waals surface area (Å²) in [7, 11) is 0. The molecule has 0 radical (unpaired) electrons. The second-order valence-corrected chi connectivity index (χ2v) is 17.8. The maximum Gasteiger partial charge on any atom is 0.312 e. The van der Waals surface area contributed by atoms with E-state index in [1.807, 2.05) is 6.92 Å². The summed E-state index contributed by atoms with van der Waals surface area (Å²) in [6.07, 6.45) is 30.4. The molecule has 6 heterocycles. The molecule has 2 amide bonds. The molecule has 2 saturated heterocycles. The van der Waals surface area contributed by atoms with Crippen LogP contribution in [0.15, 0.2) is 12.7 Å². The average molecular weight is 1150 g/mol.